The Morgan fingerprint density at radius 1 is 1.38 bits per heavy atom. The minimum absolute atomic E-state index is 0.0568. The highest BCUT2D eigenvalue weighted by molar-refractivity contribution is 5.89. The summed E-state index contributed by atoms with van der Waals surface area (Å²) in [6.45, 7) is 1.50. The van der Waals surface area contributed by atoms with E-state index in [9.17, 15) is 4.79 Å². The highest BCUT2D eigenvalue weighted by Crippen LogP contribution is 2.12. The van der Waals surface area contributed by atoms with Crippen molar-refractivity contribution in [2.75, 3.05) is 0 Å². The van der Waals surface area contributed by atoms with Crippen LogP contribution in [-0.2, 0) is 7.05 Å². The van der Waals surface area contributed by atoms with Crippen LogP contribution >= 0.6 is 0 Å². The van der Waals surface area contributed by atoms with Gasteiger partial charge in [-0.15, -0.1) is 0 Å². The van der Waals surface area contributed by atoms with E-state index in [0.29, 0.717) is 5.89 Å². The maximum atomic E-state index is 11.1. The van der Waals surface area contributed by atoms with Crippen molar-refractivity contribution in [1.82, 2.24) is 0 Å². The zero-order chi connectivity index (χ0) is 9.42. The molecule has 2 aromatic rings. The molecule has 0 fully saturated rings. The van der Waals surface area contributed by atoms with Crippen LogP contribution in [0.15, 0.2) is 28.7 Å². The molecule has 1 aromatic heterocycles. The number of Topliss-reactive ketones (excluding diaryl/α,β-unsaturated/α-hetero) is 1. The zero-order valence-electron chi connectivity index (χ0n) is 7.57. The molecule has 1 aromatic carbocycles. The quantitative estimate of drug-likeness (QED) is 0.487. The highest BCUT2D eigenvalue weighted by Gasteiger charge is 2.21. The first-order chi connectivity index (χ1) is 6.20. The van der Waals surface area contributed by atoms with Crippen molar-refractivity contribution in [3.8, 4) is 0 Å². The number of hydrogen-bond acceptors (Lipinski definition) is 2. The number of ketones is 1. The third-order valence-electron chi connectivity index (χ3n) is 2.04. The maximum absolute atomic E-state index is 11.1. The number of benzene rings is 1. The summed E-state index contributed by atoms with van der Waals surface area (Å²) in [5.41, 5.74) is 1.68. The Balaban J connectivity index is 2.81. The third-order valence-corrected chi connectivity index (χ3v) is 2.04. The number of nitrogens with zero attached hydrogens (tertiary/aromatic N) is 1. The minimum Gasteiger partial charge on any atom is -0.395 e. The number of fused-ring (bicyclic) bond motifs is 1. The van der Waals surface area contributed by atoms with Crippen molar-refractivity contribution in [2.24, 2.45) is 7.05 Å². The molecule has 1 heterocycles. The molecule has 0 radical (unpaired) electrons. The Morgan fingerprint density at radius 2 is 2.08 bits per heavy atom. The molecule has 2 rings (SSSR count). The van der Waals surface area contributed by atoms with Crippen molar-refractivity contribution in [3.05, 3.63) is 30.2 Å². The van der Waals surface area contributed by atoms with Gasteiger partial charge in [-0.25, -0.2) is 0 Å². The van der Waals surface area contributed by atoms with Crippen molar-refractivity contribution in [3.63, 3.8) is 0 Å². The lowest BCUT2D eigenvalue weighted by Crippen LogP contribution is -2.32. The lowest BCUT2D eigenvalue weighted by atomic mass is 10.3. The van der Waals surface area contributed by atoms with Gasteiger partial charge in [0.1, 0.15) is 7.05 Å². The molecule has 66 valence electrons. The van der Waals surface area contributed by atoms with Crippen LogP contribution < -0.4 is 4.57 Å². The average molecular weight is 176 g/mol. The van der Waals surface area contributed by atoms with Crippen LogP contribution in [0.5, 0.6) is 0 Å². The van der Waals surface area contributed by atoms with Gasteiger partial charge in [0.15, 0.2) is 0 Å². The Kier molecular flexibility index (Phi) is 1.65. The van der Waals surface area contributed by atoms with Gasteiger partial charge in [0.2, 0.25) is 5.58 Å². The summed E-state index contributed by atoms with van der Waals surface area (Å²) in [6.07, 6.45) is 0. The van der Waals surface area contributed by atoms with E-state index in [1.165, 1.54) is 6.92 Å². The monoisotopic (exact) mass is 176 g/mol. The van der Waals surface area contributed by atoms with E-state index in [1.54, 1.807) is 4.57 Å². The van der Waals surface area contributed by atoms with Crippen LogP contribution in [0.25, 0.3) is 11.1 Å². The fraction of sp³-hybridized carbons (Fsp3) is 0.200. The Labute approximate surface area is 75.6 Å². The number of carbonyl (C=O) groups excluding carboxylic acids is 1. The van der Waals surface area contributed by atoms with Gasteiger partial charge in [-0.05, 0) is 6.07 Å². The molecule has 0 unspecified atom stereocenters. The van der Waals surface area contributed by atoms with E-state index in [0.717, 1.165) is 11.1 Å². The normalized spacial score (nSPS) is 10.6. The van der Waals surface area contributed by atoms with Gasteiger partial charge in [-0.1, -0.05) is 12.1 Å². The number of hydrogen-bond donors (Lipinski definition) is 0. The van der Waals surface area contributed by atoms with E-state index in [4.69, 9.17) is 4.42 Å². The predicted octanol–water partition coefficient (Wildman–Crippen LogP) is 1.46. The van der Waals surface area contributed by atoms with Gasteiger partial charge in [0.25, 0.3) is 11.3 Å². The summed E-state index contributed by atoms with van der Waals surface area (Å²) in [5.74, 6) is 0.333. The maximum Gasteiger partial charge on any atom is 0.418 e. The van der Waals surface area contributed by atoms with Crippen LogP contribution in [-0.4, -0.2) is 5.78 Å². The summed E-state index contributed by atoms with van der Waals surface area (Å²) in [5, 5.41) is 0. The Morgan fingerprint density at radius 3 is 2.69 bits per heavy atom. The smallest absolute Gasteiger partial charge is 0.395 e. The van der Waals surface area contributed by atoms with E-state index < -0.39 is 0 Å². The fourth-order valence-electron chi connectivity index (χ4n) is 1.41. The molecule has 3 nitrogen and oxygen atoms in total. The molecule has 3 heteroatoms. The van der Waals surface area contributed by atoms with Gasteiger partial charge in [0.05, 0.1) is 0 Å². The zero-order valence-corrected chi connectivity index (χ0v) is 7.57. The lowest BCUT2D eigenvalue weighted by Gasteiger charge is -1.82. The molecule has 0 bridgehead atoms. The van der Waals surface area contributed by atoms with Crippen LogP contribution in [0.1, 0.15) is 17.6 Å². The minimum atomic E-state index is -0.0568. The number of para-hydroxylation sites is 2. The Bertz CT molecular complexity index is 471. The summed E-state index contributed by atoms with van der Waals surface area (Å²) in [7, 11) is 1.82. The summed E-state index contributed by atoms with van der Waals surface area (Å²) < 4.78 is 7.14. The third kappa shape index (κ3) is 1.13. The van der Waals surface area contributed by atoms with Gasteiger partial charge in [0, 0.05) is 13.0 Å². The molecule has 0 aliphatic heterocycles. The molecule has 0 aliphatic rings. The average Bonchev–Trinajstić information content (AvgIpc) is 2.45. The first kappa shape index (κ1) is 7.98. The van der Waals surface area contributed by atoms with Crippen LogP contribution in [0.3, 0.4) is 0 Å². The summed E-state index contributed by atoms with van der Waals surface area (Å²) in [6, 6.07) is 7.57. The molecule has 0 saturated carbocycles. The van der Waals surface area contributed by atoms with Crippen molar-refractivity contribution in [1.29, 1.82) is 0 Å². The molecule has 0 amide bonds. The van der Waals surface area contributed by atoms with Crippen LogP contribution in [0, 0.1) is 0 Å². The largest absolute Gasteiger partial charge is 0.418 e. The number of carbonyl (C=O) groups is 1. The van der Waals surface area contributed by atoms with Gasteiger partial charge < -0.3 is 4.42 Å². The van der Waals surface area contributed by atoms with Gasteiger partial charge >= 0.3 is 5.89 Å². The van der Waals surface area contributed by atoms with E-state index in [2.05, 4.69) is 0 Å². The lowest BCUT2D eigenvalue weighted by molar-refractivity contribution is -0.652. The first-order valence-corrected chi connectivity index (χ1v) is 4.08. The molecule has 0 N–H and O–H groups in total. The number of oxazole rings is 1. The second-order valence-corrected chi connectivity index (χ2v) is 2.99. The second-order valence-electron chi connectivity index (χ2n) is 2.99. The summed E-state index contributed by atoms with van der Waals surface area (Å²) >= 11 is 0. The number of rotatable bonds is 1. The van der Waals surface area contributed by atoms with Gasteiger partial charge in [-0.3, -0.25) is 4.79 Å². The molecular formula is C10H10NO2+. The number of aromatic nitrogens is 1. The fourth-order valence-corrected chi connectivity index (χ4v) is 1.41. The topological polar surface area (TPSA) is 34.1 Å². The molecule has 0 spiro atoms. The summed E-state index contributed by atoms with van der Waals surface area (Å²) in [4.78, 5) is 11.1. The predicted molar refractivity (Wildman–Crippen MR) is 47.4 cm³/mol. The highest BCUT2D eigenvalue weighted by atomic mass is 16.4. The van der Waals surface area contributed by atoms with Crippen molar-refractivity contribution < 1.29 is 13.8 Å². The van der Waals surface area contributed by atoms with Crippen molar-refractivity contribution in [2.45, 2.75) is 6.92 Å². The molecule has 0 atom stereocenters. The van der Waals surface area contributed by atoms with E-state index >= 15 is 0 Å². The SMILES string of the molecule is CC(=O)c1oc2ccccc2[n+]1C. The molecule has 0 saturated heterocycles. The van der Waals surface area contributed by atoms with E-state index in [1.807, 2.05) is 31.3 Å². The molecule has 0 aliphatic carbocycles. The molecular weight excluding hydrogens is 166 g/mol. The molecule has 13 heavy (non-hydrogen) atoms. The Hall–Kier alpha value is -1.64. The number of aryl methyl sites for hydroxylation is 1. The standard InChI is InChI=1S/C10H10NO2/c1-7(12)10-11(2)8-5-3-4-6-9(8)13-10/h3-6H,1-2H3/q+1. The van der Waals surface area contributed by atoms with Crippen molar-refractivity contribution >= 4 is 16.9 Å². The van der Waals surface area contributed by atoms with E-state index in [-0.39, 0.29) is 5.78 Å². The van der Waals surface area contributed by atoms with Gasteiger partial charge in [-0.2, -0.15) is 4.57 Å². The van der Waals surface area contributed by atoms with Crippen LogP contribution in [0.2, 0.25) is 0 Å². The first-order valence-electron chi connectivity index (χ1n) is 4.08. The van der Waals surface area contributed by atoms with Crippen LogP contribution in [0.4, 0.5) is 0 Å². The second kappa shape index (κ2) is 2.69.